The second-order valence-corrected chi connectivity index (χ2v) is 5.28. The quantitative estimate of drug-likeness (QED) is 0.600. The third-order valence-electron chi connectivity index (χ3n) is 3.63. The first kappa shape index (κ1) is 13.9. The summed E-state index contributed by atoms with van der Waals surface area (Å²) in [4.78, 5) is 0. The third kappa shape index (κ3) is 5.28. The molecule has 1 aliphatic rings. The zero-order chi connectivity index (χ0) is 11.9. The predicted molar refractivity (Wildman–Crippen MR) is 68.5 cm³/mol. The summed E-state index contributed by atoms with van der Waals surface area (Å²) in [6.45, 7) is 5.19. The molecular weight excluding hydrogens is 200 g/mol. The van der Waals surface area contributed by atoms with Gasteiger partial charge in [-0.15, -0.1) is 0 Å². The van der Waals surface area contributed by atoms with Crippen molar-refractivity contribution in [3.63, 3.8) is 0 Å². The van der Waals surface area contributed by atoms with Crippen LogP contribution in [0.2, 0.25) is 0 Å². The average molecular weight is 228 g/mol. The van der Waals surface area contributed by atoms with Gasteiger partial charge in [-0.05, 0) is 31.1 Å². The monoisotopic (exact) mass is 228 g/mol. The van der Waals surface area contributed by atoms with E-state index < -0.39 is 0 Å². The lowest BCUT2D eigenvalue weighted by atomic mass is 10.0. The van der Waals surface area contributed by atoms with Crippen molar-refractivity contribution in [2.75, 3.05) is 26.8 Å². The molecule has 3 nitrogen and oxygen atoms in total. The smallest absolute Gasteiger partial charge is 0.0468 e. The van der Waals surface area contributed by atoms with Gasteiger partial charge in [0.25, 0.3) is 0 Å². The van der Waals surface area contributed by atoms with E-state index in [0.717, 1.165) is 26.1 Å². The van der Waals surface area contributed by atoms with Gasteiger partial charge in [-0.2, -0.15) is 0 Å². The number of nitrogens with one attached hydrogen (secondary N) is 1. The van der Waals surface area contributed by atoms with E-state index in [-0.39, 0.29) is 0 Å². The standard InChI is InChI=1S/C13H28N2O/c1-3-4-5-12(14)10-15-11-13(6-7-13)8-9-16-2/h12,15H,3-11,14H2,1-2H3. The molecule has 0 aromatic carbocycles. The molecule has 3 N–H and O–H groups in total. The lowest BCUT2D eigenvalue weighted by Crippen LogP contribution is -2.36. The van der Waals surface area contributed by atoms with Crippen LogP contribution in [0.1, 0.15) is 45.4 Å². The maximum absolute atomic E-state index is 6.02. The molecule has 1 unspecified atom stereocenters. The van der Waals surface area contributed by atoms with Crippen LogP contribution < -0.4 is 11.1 Å². The fourth-order valence-corrected chi connectivity index (χ4v) is 2.10. The van der Waals surface area contributed by atoms with Crippen molar-refractivity contribution >= 4 is 0 Å². The molecule has 0 amide bonds. The van der Waals surface area contributed by atoms with Crippen molar-refractivity contribution in [3.8, 4) is 0 Å². The first-order valence-electron chi connectivity index (χ1n) is 6.68. The molecular formula is C13H28N2O. The first-order chi connectivity index (χ1) is 7.72. The third-order valence-corrected chi connectivity index (χ3v) is 3.63. The van der Waals surface area contributed by atoms with E-state index in [9.17, 15) is 0 Å². The van der Waals surface area contributed by atoms with Gasteiger partial charge in [0.05, 0.1) is 0 Å². The minimum Gasteiger partial charge on any atom is -0.385 e. The highest BCUT2D eigenvalue weighted by molar-refractivity contribution is 4.94. The van der Waals surface area contributed by atoms with Gasteiger partial charge in [-0.3, -0.25) is 0 Å². The van der Waals surface area contributed by atoms with Crippen LogP contribution in [0.3, 0.4) is 0 Å². The zero-order valence-corrected chi connectivity index (χ0v) is 10.9. The van der Waals surface area contributed by atoms with Gasteiger partial charge in [0.1, 0.15) is 0 Å². The van der Waals surface area contributed by atoms with E-state index in [1.54, 1.807) is 7.11 Å². The number of methoxy groups -OCH3 is 1. The maximum Gasteiger partial charge on any atom is 0.0468 e. The number of rotatable bonds is 10. The molecule has 0 aliphatic heterocycles. The van der Waals surface area contributed by atoms with Crippen molar-refractivity contribution in [2.45, 2.75) is 51.5 Å². The zero-order valence-electron chi connectivity index (χ0n) is 10.9. The lowest BCUT2D eigenvalue weighted by molar-refractivity contribution is 0.171. The van der Waals surface area contributed by atoms with Gasteiger partial charge in [0.15, 0.2) is 0 Å². The van der Waals surface area contributed by atoms with E-state index in [1.807, 2.05) is 0 Å². The van der Waals surface area contributed by atoms with Crippen LogP contribution >= 0.6 is 0 Å². The molecule has 16 heavy (non-hydrogen) atoms. The minimum atomic E-state index is 0.332. The summed E-state index contributed by atoms with van der Waals surface area (Å²) in [5.74, 6) is 0. The van der Waals surface area contributed by atoms with Crippen LogP contribution in [0.15, 0.2) is 0 Å². The molecule has 0 saturated heterocycles. The normalized spacial score (nSPS) is 19.7. The van der Waals surface area contributed by atoms with Crippen LogP contribution in [-0.4, -0.2) is 32.8 Å². The summed E-state index contributed by atoms with van der Waals surface area (Å²) in [6.07, 6.45) is 7.54. The molecule has 0 heterocycles. The highest BCUT2D eigenvalue weighted by Crippen LogP contribution is 2.48. The molecule has 3 heteroatoms. The fraction of sp³-hybridized carbons (Fsp3) is 1.00. The summed E-state index contributed by atoms with van der Waals surface area (Å²) in [7, 11) is 1.78. The summed E-state index contributed by atoms with van der Waals surface area (Å²) in [5.41, 5.74) is 6.56. The number of unbranched alkanes of at least 4 members (excludes halogenated alkanes) is 1. The largest absolute Gasteiger partial charge is 0.385 e. The Labute approximate surface area is 100 Å². The van der Waals surface area contributed by atoms with Crippen LogP contribution in [0.5, 0.6) is 0 Å². The fourth-order valence-electron chi connectivity index (χ4n) is 2.10. The molecule has 0 aromatic heterocycles. The average Bonchev–Trinajstić information content (AvgIpc) is 3.04. The summed E-state index contributed by atoms with van der Waals surface area (Å²) >= 11 is 0. The van der Waals surface area contributed by atoms with Crippen molar-refractivity contribution in [3.05, 3.63) is 0 Å². The molecule has 0 spiro atoms. The Morgan fingerprint density at radius 2 is 2.19 bits per heavy atom. The topological polar surface area (TPSA) is 47.3 Å². The Morgan fingerprint density at radius 3 is 2.75 bits per heavy atom. The number of nitrogens with two attached hydrogens (primary N) is 1. The Bertz CT molecular complexity index is 181. The molecule has 0 bridgehead atoms. The molecule has 96 valence electrons. The summed E-state index contributed by atoms with van der Waals surface area (Å²) in [6, 6.07) is 0.332. The Morgan fingerprint density at radius 1 is 1.44 bits per heavy atom. The molecule has 0 aromatic rings. The second-order valence-electron chi connectivity index (χ2n) is 5.28. The van der Waals surface area contributed by atoms with Crippen LogP contribution in [0, 0.1) is 5.41 Å². The molecule has 1 atom stereocenters. The van der Waals surface area contributed by atoms with Gasteiger partial charge in [-0.25, -0.2) is 0 Å². The molecule has 0 radical (unpaired) electrons. The first-order valence-corrected chi connectivity index (χ1v) is 6.68. The van der Waals surface area contributed by atoms with Gasteiger partial charge in [0.2, 0.25) is 0 Å². The van der Waals surface area contributed by atoms with Gasteiger partial charge in [0, 0.05) is 32.8 Å². The predicted octanol–water partition coefficient (Wildman–Crippen LogP) is 1.91. The Kier molecular flexibility index (Phi) is 6.32. The Hall–Kier alpha value is -0.120. The number of hydrogen-bond donors (Lipinski definition) is 2. The van der Waals surface area contributed by atoms with Crippen molar-refractivity contribution in [2.24, 2.45) is 11.1 Å². The molecule has 1 fully saturated rings. The highest BCUT2D eigenvalue weighted by atomic mass is 16.5. The van der Waals surface area contributed by atoms with Gasteiger partial charge < -0.3 is 15.8 Å². The van der Waals surface area contributed by atoms with E-state index in [0.29, 0.717) is 11.5 Å². The van der Waals surface area contributed by atoms with Crippen LogP contribution in [0.25, 0.3) is 0 Å². The van der Waals surface area contributed by atoms with Crippen LogP contribution in [-0.2, 0) is 4.74 Å². The Balaban J connectivity index is 2.01. The van der Waals surface area contributed by atoms with E-state index in [1.165, 1.54) is 32.1 Å². The van der Waals surface area contributed by atoms with Crippen molar-refractivity contribution < 1.29 is 4.74 Å². The second kappa shape index (κ2) is 7.25. The molecule has 1 aliphatic carbocycles. The van der Waals surface area contributed by atoms with E-state index >= 15 is 0 Å². The SMILES string of the molecule is CCCCC(N)CNCC1(CCOC)CC1. The van der Waals surface area contributed by atoms with Gasteiger partial charge >= 0.3 is 0 Å². The minimum absolute atomic E-state index is 0.332. The molecule has 1 saturated carbocycles. The highest BCUT2D eigenvalue weighted by Gasteiger charge is 2.41. The summed E-state index contributed by atoms with van der Waals surface area (Å²) in [5, 5.41) is 3.53. The maximum atomic E-state index is 6.02. The number of ether oxygens (including phenoxy) is 1. The molecule has 1 rings (SSSR count). The summed E-state index contributed by atoms with van der Waals surface area (Å²) < 4.78 is 5.15. The van der Waals surface area contributed by atoms with Crippen LogP contribution in [0.4, 0.5) is 0 Å². The van der Waals surface area contributed by atoms with Gasteiger partial charge in [-0.1, -0.05) is 19.8 Å². The van der Waals surface area contributed by atoms with E-state index in [4.69, 9.17) is 10.5 Å². The number of hydrogen-bond acceptors (Lipinski definition) is 3. The van der Waals surface area contributed by atoms with Crippen molar-refractivity contribution in [1.29, 1.82) is 0 Å². The van der Waals surface area contributed by atoms with E-state index in [2.05, 4.69) is 12.2 Å². The lowest BCUT2D eigenvalue weighted by Gasteiger charge is -2.18. The van der Waals surface area contributed by atoms with Crippen molar-refractivity contribution in [1.82, 2.24) is 5.32 Å².